The molecule has 39 heavy (non-hydrogen) atoms. The van der Waals surface area contributed by atoms with Crippen molar-refractivity contribution in [3.63, 3.8) is 0 Å². The molecule has 4 rings (SSSR count). The molecule has 0 bridgehead atoms. The van der Waals surface area contributed by atoms with Crippen molar-refractivity contribution in [2.75, 3.05) is 18.5 Å². The van der Waals surface area contributed by atoms with E-state index in [-0.39, 0.29) is 5.91 Å². The standard InChI is InChI=1S/C32H38N4O3/c1-20(2)36(21(3)4)17-18-38-30-10-8-9-29(23(30)6)34-32(37)26-13-11-25(12-14-26)28-16-15-27(19-22(28)5)31-33-24(7)39-35-31/h8-16,19-21H,17-18H2,1-7H3,(H,34,37). The maximum Gasteiger partial charge on any atom is 0.255 e. The van der Waals surface area contributed by atoms with Gasteiger partial charge in [0.25, 0.3) is 5.91 Å². The average Bonchev–Trinajstić information content (AvgIpc) is 3.34. The third-order valence-corrected chi connectivity index (χ3v) is 6.94. The van der Waals surface area contributed by atoms with Crippen molar-refractivity contribution in [3.8, 4) is 28.3 Å². The van der Waals surface area contributed by atoms with Crippen molar-refractivity contribution < 1.29 is 14.1 Å². The molecule has 7 nitrogen and oxygen atoms in total. The zero-order chi connectivity index (χ0) is 28.1. The Bertz CT molecular complexity index is 1420. The highest BCUT2D eigenvalue weighted by Gasteiger charge is 2.15. The number of rotatable bonds is 10. The number of ether oxygens (including phenoxy) is 1. The fourth-order valence-electron chi connectivity index (χ4n) is 4.82. The molecule has 0 aliphatic heterocycles. The first-order valence-electron chi connectivity index (χ1n) is 13.4. The topological polar surface area (TPSA) is 80.5 Å². The highest BCUT2D eigenvalue weighted by Crippen LogP contribution is 2.29. The van der Waals surface area contributed by atoms with E-state index in [1.807, 2.05) is 74.5 Å². The highest BCUT2D eigenvalue weighted by atomic mass is 16.5. The van der Waals surface area contributed by atoms with Gasteiger partial charge in [-0.2, -0.15) is 4.98 Å². The molecule has 7 heteroatoms. The number of hydrogen-bond acceptors (Lipinski definition) is 6. The van der Waals surface area contributed by atoms with Crippen LogP contribution < -0.4 is 10.1 Å². The van der Waals surface area contributed by atoms with Gasteiger partial charge in [0.15, 0.2) is 0 Å². The van der Waals surface area contributed by atoms with E-state index in [2.05, 4.69) is 48.1 Å². The normalized spacial score (nSPS) is 11.4. The van der Waals surface area contributed by atoms with Crippen molar-refractivity contribution in [3.05, 3.63) is 83.2 Å². The average molecular weight is 527 g/mol. The first-order chi connectivity index (χ1) is 18.6. The number of amides is 1. The molecule has 0 atom stereocenters. The van der Waals surface area contributed by atoms with Crippen molar-refractivity contribution in [1.29, 1.82) is 0 Å². The quantitative estimate of drug-likeness (QED) is 0.238. The number of aromatic nitrogens is 2. The summed E-state index contributed by atoms with van der Waals surface area (Å²) in [5.41, 5.74) is 6.35. The molecule has 0 spiro atoms. The molecule has 3 aromatic carbocycles. The number of carbonyl (C=O) groups excluding carboxylic acids is 1. The van der Waals surface area contributed by atoms with Gasteiger partial charge in [-0.3, -0.25) is 9.69 Å². The van der Waals surface area contributed by atoms with Gasteiger partial charge < -0.3 is 14.6 Å². The number of nitrogens with zero attached hydrogens (tertiary/aromatic N) is 3. The van der Waals surface area contributed by atoms with Gasteiger partial charge in [0.2, 0.25) is 11.7 Å². The van der Waals surface area contributed by atoms with Crippen LogP contribution in [0.4, 0.5) is 5.69 Å². The number of carbonyl (C=O) groups is 1. The first-order valence-corrected chi connectivity index (χ1v) is 13.4. The maximum atomic E-state index is 13.1. The summed E-state index contributed by atoms with van der Waals surface area (Å²) in [7, 11) is 0. The summed E-state index contributed by atoms with van der Waals surface area (Å²) in [6.07, 6.45) is 0. The molecule has 0 saturated heterocycles. The van der Waals surface area contributed by atoms with E-state index in [1.165, 1.54) is 0 Å². The van der Waals surface area contributed by atoms with E-state index in [4.69, 9.17) is 9.26 Å². The molecule has 4 aromatic rings. The van der Waals surface area contributed by atoms with E-state index in [0.29, 0.717) is 36.0 Å². The molecule has 1 amide bonds. The molecule has 0 fully saturated rings. The van der Waals surface area contributed by atoms with Crippen LogP contribution in [0.5, 0.6) is 5.75 Å². The van der Waals surface area contributed by atoms with Crippen LogP contribution in [0.25, 0.3) is 22.5 Å². The minimum atomic E-state index is -0.160. The van der Waals surface area contributed by atoms with Gasteiger partial charge in [-0.15, -0.1) is 0 Å². The van der Waals surface area contributed by atoms with Gasteiger partial charge in [0.05, 0.1) is 0 Å². The predicted molar refractivity (Wildman–Crippen MR) is 156 cm³/mol. The van der Waals surface area contributed by atoms with E-state index < -0.39 is 0 Å². The molecule has 1 N–H and O–H groups in total. The Balaban J connectivity index is 1.42. The largest absolute Gasteiger partial charge is 0.492 e. The Morgan fingerprint density at radius 3 is 2.26 bits per heavy atom. The smallest absolute Gasteiger partial charge is 0.255 e. The summed E-state index contributed by atoms with van der Waals surface area (Å²) in [6.45, 7) is 16.0. The van der Waals surface area contributed by atoms with E-state index in [0.717, 1.165) is 45.8 Å². The van der Waals surface area contributed by atoms with Crippen LogP contribution in [-0.2, 0) is 0 Å². The zero-order valence-corrected chi connectivity index (χ0v) is 23.9. The van der Waals surface area contributed by atoms with Crippen molar-refractivity contribution in [1.82, 2.24) is 15.0 Å². The van der Waals surface area contributed by atoms with E-state index >= 15 is 0 Å². The lowest BCUT2D eigenvalue weighted by Crippen LogP contribution is -2.39. The molecule has 1 aromatic heterocycles. The van der Waals surface area contributed by atoms with Gasteiger partial charge in [-0.05, 0) is 88.6 Å². The zero-order valence-electron chi connectivity index (χ0n) is 23.9. The monoisotopic (exact) mass is 526 g/mol. The van der Waals surface area contributed by atoms with Crippen LogP contribution >= 0.6 is 0 Å². The number of aryl methyl sites for hydroxylation is 2. The lowest BCUT2D eigenvalue weighted by molar-refractivity contribution is 0.102. The fraction of sp³-hybridized carbons (Fsp3) is 0.344. The second-order valence-corrected chi connectivity index (χ2v) is 10.4. The third-order valence-electron chi connectivity index (χ3n) is 6.94. The van der Waals surface area contributed by atoms with Crippen molar-refractivity contribution >= 4 is 11.6 Å². The molecule has 0 saturated carbocycles. The van der Waals surface area contributed by atoms with Crippen LogP contribution in [0, 0.1) is 20.8 Å². The van der Waals surface area contributed by atoms with Crippen molar-refractivity contribution in [2.24, 2.45) is 0 Å². The molecule has 1 heterocycles. The molecule has 0 radical (unpaired) electrons. The van der Waals surface area contributed by atoms with Crippen LogP contribution in [0.1, 0.15) is 55.1 Å². The van der Waals surface area contributed by atoms with Gasteiger partial charge in [0.1, 0.15) is 12.4 Å². The molecular weight excluding hydrogens is 488 g/mol. The van der Waals surface area contributed by atoms with Gasteiger partial charge >= 0.3 is 0 Å². The summed E-state index contributed by atoms with van der Waals surface area (Å²) < 4.78 is 11.2. The molecule has 0 unspecified atom stereocenters. The second kappa shape index (κ2) is 12.3. The summed E-state index contributed by atoms with van der Waals surface area (Å²) in [5.74, 6) is 1.74. The minimum absolute atomic E-state index is 0.160. The van der Waals surface area contributed by atoms with Crippen LogP contribution in [0.2, 0.25) is 0 Å². The Morgan fingerprint density at radius 2 is 1.64 bits per heavy atom. The van der Waals surface area contributed by atoms with E-state index in [9.17, 15) is 4.79 Å². The lowest BCUT2D eigenvalue weighted by Gasteiger charge is -2.30. The fourth-order valence-corrected chi connectivity index (χ4v) is 4.82. The number of benzene rings is 3. The highest BCUT2D eigenvalue weighted by molar-refractivity contribution is 6.05. The first kappa shape index (κ1) is 28.0. The number of nitrogens with one attached hydrogen (secondary N) is 1. The van der Waals surface area contributed by atoms with Crippen molar-refractivity contribution in [2.45, 2.75) is 60.5 Å². The lowest BCUT2D eigenvalue weighted by atomic mass is 9.97. The van der Waals surface area contributed by atoms with E-state index in [1.54, 1.807) is 6.92 Å². The summed E-state index contributed by atoms with van der Waals surface area (Å²) in [6, 6.07) is 20.4. The second-order valence-electron chi connectivity index (χ2n) is 10.4. The van der Waals surface area contributed by atoms with Crippen LogP contribution in [-0.4, -0.2) is 46.2 Å². The van der Waals surface area contributed by atoms with Crippen LogP contribution in [0.15, 0.2) is 65.2 Å². The molecular formula is C32H38N4O3. The Morgan fingerprint density at radius 1 is 0.949 bits per heavy atom. The Kier molecular flexibility index (Phi) is 8.82. The molecule has 0 aliphatic carbocycles. The summed E-state index contributed by atoms with van der Waals surface area (Å²) in [5, 5.41) is 7.05. The molecule has 0 aliphatic rings. The summed E-state index contributed by atoms with van der Waals surface area (Å²) in [4.78, 5) is 19.8. The van der Waals surface area contributed by atoms with Gasteiger partial charge in [-0.1, -0.05) is 35.5 Å². The Labute approximate surface area is 231 Å². The predicted octanol–water partition coefficient (Wildman–Crippen LogP) is 7.08. The number of anilines is 1. The SMILES string of the molecule is Cc1nc(-c2ccc(-c3ccc(C(=O)Nc4cccc(OCCN(C(C)C)C(C)C)c4C)cc3)c(C)c2)no1. The summed E-state index contributed by atoms with van der Waals surface area (Å²) >= 11 is 0. The van der Waals surface area contributed by atoms with Crippen LogP contribution in [0.3, 0.4) is 0 Å². The third kappa shape index (κ3) is 6.73. The van der Waals surface area contributed by atoms with Gasteiger partial charge in [0, 0.05) is 47.9 Å². The number of hydrogen-bond donors (Lipinski definition) is 1. The minimum Gasteiger partial charge on any atom is -0.492 e. The molecule has 204 valence electrons. The Hall–Kier alpha value is -3.97. The van der Waals surface area contributed by atoms with Gasteiger partial charge in [-0.25, -0.2) is 0 Å². The maximum absolute atomic E-state index is 13.1.